The van der Waals surface area contributed by atoms with E-state index in [1.807, 2.05) is 35.6 Å². The van der Waals surface area contributed by atoms with E-state index in [0.29, 0.717) is 24.6 Å². The van der Waals surface area contributed by atoms with Crippen molar-refractivity contribution in [3.63, 3.8) is 0 Å². The maximum absolute atomic E-state index is 12.9. The van der Waals surface area contributed by atoms with Crippen LogP contribution in [0.5, 0.6) is 0 Å². The summed E-state index contributed by atoms with van der Waals surface area (Å²) in [6.45, 7) is 3.00. The zero-order valence-corrected chi connectivity index (χ0v) is 14.0. The quantitative estimate of drug-likeness (QED) is 0.752. The Kier molecular flexibility index (Phi) is 3.77. The van der Waals surface area contributed by atoms with Gasteiger partial charge in [-0.25, -0.2) is 9.67 Å². The molecule has 1 atom stereocenters. The summed E-state index contributed by atoms with van der Waals surface area (Å²) in [4.78, 5) is 19.2. The first-order valence-electron chi connectivity index (χ1n) is 7.98. The van der Waals surface area contributed by atoms with Gasteiger partial charge in [0.1, 0.15) is 17.7 Å². The average molecular weight is 338 g/mol. The summed E-state index contributed by atoms with van der Waals surface area (Å²) in [6.07, 6.45) is 5.13. The Morgan fingerprint density at radius 1 is 1.28 bits per heavy atom. The van der Waals surface area contributed by atoms with Crippen molar-refractivity contribution in [2.24, 2.45) is 0 Å². The fourth-order valence-corrected chi connectivity index (χ4v) is 3.00. The molecule has 9 nitrogen and oxygen atoms in total. The molecule has 1 unspecified atom stereocenters. The number of amides is 1. The summed E-state index contributed by atoms with van der Waals surface area (Å²) in [5.41, 5.74) is 0.621. The SMILES string of the molecule is Cc1nnc2n1CC(C(=O)Nc1cccnc1-n1cccn1)N(C)C2. The molecule has 3 aromatic heterocycles. The molecule has 0 aromatic carbocycles. The lowest BCUT2D eigenvalue weighted by Crippen LogP contribution is -2.48. The van der Waals surface area contributed by atoms with Crippen molar-refractivity contribution in [3.8, 4) is 5.82 Å². The van der Waals surface area contributed by atoms with Crippen LogP contribution in [0, 0.1) is 6.92 Å². The second-order valence-corrected chi connectivity index (χ2v) is 6.02. The van der Waals surface area contributed by atoms with Crippen LogP contribution in [0.3, 0.4) is 0 Å². The Labute approximate surface area is 144 Å². The number of likely N-dealkylation sites (N-methyl/N-ethyl adjacent to an activating group) is 1. The van der Waals surface area contributed by atoms with E-state index in [2.05, 4.69) is 25.6 Å². The molecule has 9 heteroatoms. The first kappa shape index (κ1) is 15.5. The highest BCUT2D eigenvalue weighted by atomic mass is 16.2. The van der Waals surface area contributed by atoms with Crippen LogP contribution in [0.2, 0.25) is 0 Å². The molecule has 4 heterocycles. The third-order valence-electron chi connectivity index (χ3n) is 4.36. The van der Waals surface area contributed by atoms with Gasteiger partial charge in [0.15, 0.2) is 5.82 Å². The summed E-state index contributed by atoms with van der Waals surface area (Å²) in [7, 11) is 1.91. The second-order valence-electron chi connectivity index (χ2n) is 6.02. The lowest BCUT2D eigenvalue weighted by Gasteiger charge is -2.32. The summed E-state index contributed by atoms with van der Waals surface area (Å²) in [5.74, 6) is 2.19. The van der Waals surface area contributed by atoms with Crippen LogP contribution in [0.25, 0.3) is 5.82 Å². The summed E-state index contributed by atoms with van der Waals surface area (Å²) >= 11 is 0. The van der Waals surface area contributed by atoms with Gasteiger partial charge in [-0.1, -0.05) is 0 Å². The van der Waals surface area contributed by atoms with Crippen LogP contribution in [-0.4, -0.2) is 53.4 Å². The van der Waals surface area contributed by atoms with Crippen LogP contribution in [0.4, 0.5) is 5.69 Å². The van der Waals surface area contributed by atoms with Crippen LogP contribution >= 0.6 is 0 Å². The Balaban J connectivity index is 1.58. The molecule has 1 N–H and O–H groups in total. The smallest absolute Gasteiger partial charge is 0.243 e. The molecule has 0 fully saturated rings. The average Bonchev–Trinajstić information content (AvgIpc) is 3.25. The topological polar surface area (TPSA) is 93.8 Å². The largest absolute Gasteiger partial charge is 0.321 e. The Hall–Kier alpha value is -3.07. The van der Waals surface area contributed by atoms with E-state index in [9.17, 15) is 4.79 Å². The Bertz CT molecular complexity index is 901. The number of aromatic nitrogens is 6. The normalized spacial score (nSPS) is 17.3. The van der Waals surface area contributed by atoms with Gasteiger partial charge in [-0.2, -0.15) is 5.10 Å². The van der Waals surface area contributed by atoms with Gasteiger partial charge in [0, 0.05) is 18.6 Å². The third kappa shape index (κ3) is 2.78. The number of hydrogen-bond donors (Lipinski definition) is 1. The van der Waals surface area contributed by atoms with E-state index in [-0.39, 0.29) is 11.9 Å². The maximum atomic E-state index is 12.9. The Morgan fingerprint density at radius 2 is 2.16 bits per heavy atom. The van der Waals surface area contributed by atoms with Crippen molar-refractivity contribution in [2.75, 3.05) is 12.4 Å². The molecule has 0 saturated heterocycles. The number of nitrogens with one attached hydrogen (secondary N) is 1. The molecular formula is C16H18N8O. The molecule has 1 aliphatic heterocycles. The first-order valence-corrected chi connectivity index (χ1v) is 7.98. The molecule has 0 radical (unpaired) electrons. The summed E-state index contributed by atoms with van der Waals surface area (Å²) in [6, 6.07) is 5.11. The predicted octanol–water partition coefficient (Wildman–Crippen LogP) is 0.620. The summed E-state index contributed by atoms with van der Waals surface area (Å²) in [5, 5.41) is 15.4. The fraction of sp³-hybridized carbons (Fsp3) is 0.312. The molecule has 0 bridgehead atoms. The minimum absolute atomic E-state index is 0.0948. The number of fused-ring (bicyclic) bond motifs is 1. The van der Waals surface area contributed by atoms with Crippen molar-refractivity contribution in [1.82, 2.24) is 34.4 Å². The van der Waals surface area contributed by atoms with Crippen LogP contribution in [-0.2, 0) is 17.9 Å². The zero-order valence-electron chi connectivity index (χ0n) is 14.0. The zero-order chi connectivity index (χ0) is 17.4. The maximum Gasteiger partial charge on any atom is 0.243 e. The van der Waals surface area contributed by atoms with Gasteiger partial charge in [-0.3, -0.25) is 9.69 Å². The number of anilines is 1. The molecule has 128 valence electrons. The van der Waals surface area contributed by atoms with Gasteiger partial charge in [0.25, 0.3) is 0 Å². The van der Waals surface area contributed by atoms with Crippen LogP contribution in [0.15, 0.2) is 36.8 Å². The van der Waals surface area contributed by atoms with Gasteiger partial charge in [-0.15, -0.1) is 10.2 Å². The van der Waals surface area contributed by atoms with Crippen LogP contribution in [0.1, 0.15) is 11.6 Å². The fourth-order valence-electron chi connectivity index (χ4n) is 3.00. The van der Waals surface area contributed by atoms with E-state index in [1.54, 1.807) is 29.3 Å². The van der Waals surface area contributed by atoms with E-state index in [1.165, 1.54) is 0 Å². The molecule has 3 aromatic rings. The number of aryl methyl sites for hydroxylation is 1. The molecular weight excluding hydrogens is 320 g/mol. The number of carbonyl (C=O) groups is 1. The number of nitrogens with zero attached hydrogens (tertiary/aromatic N) is 7. The van der Waals surface area contributed by atoms with E-state index >= 15 is 0 Å². The number of pyridine rings is 1. The van der Waals surface area contributed by atoms with Gasteiger partial charge in [-0.05, 0) is 32.2 Å². The molecule has 1 aliphatic rings. The molecule has 1 amide bonds. The standard InChI is InChI=1S/C16H18N8O/c1-11-20-21-14-10-22(2)13(9-23(11)14)16(25)19-12-5-3-6-17-15(12)24-8-4-7-18-24/h3-8,13H,9-10H2,1-2H3,(H,19,25). The van der Waals surface area contributed by atoms with Crippen molar-refractivity contribution >= 4 is 11.6 Å². The Morgan fingerprint density at radius 3 is 2.96 bits per heavy atom. The second kappa shape index (κ2) is 6.10. The van der Waals surface area contributed by atoms with Crippen LogP contribution < -0.4 is 5.32 Å². The highest BCUT2D eigenvalue weighted by molar-refractivity contribution is 5.96. The number of hydrogen-bond acceptors (Lipinski definition) is 6. The number of rotatable bonds is 3. The minimum atomic E-state index is -0.312. The van der Waals surface area contributed by atoms with Crippen molar-refractivity contribution in [3.05, 3.63) is 48.4 Å². The highest BCUT2D eigenvalue weighted by Gasteiger charge is 2.31. The van der Waals surface area contributed by atoms with Crippen molar-refractivity contribution < 1.29 is 4.79 Å². The van der Waals surface area contributed by atoms with E-state index in [4.69, 9.17) is 0 Å². The molecule has 25 heavy (non-hydrogen) atoms. The van der Waals surface area contributed by atoms with Gasteiger partial charge in [0.2, 0.25) is 5.91 Å². The van der Waals surface area contributed by atoms with E-state index in [0.717, 1.165) is 11.6 Å². The molecule has 0 saturated carbocycles. The monoisotopic (exact) mass is 338 g/mol. The lowest BCUT2D eigenvalue weighted by molar-refractivity contribution is -0.122. The van der Waals surface area contributed by atoms with Crippen molar-refractivity contribution in [2.45, 2.75) is 26.1 Å². The highest BCUT2D eigenvalue weighted by Crippen LogP contribution is 2.20. The third-order valence-corrected chi connectivity index (χ3v) is 4.36. The van der Waals surface area contributed by atoms with E-state index < -0.39 is 0 Å². The predicted molar refractivity (Wildman–Crippen MR) is 90.0 cm³/mol. The van der Waals surface area contributed by atoms with Gasteiger partial charge in [0.05, 0.1) is 18.8 Å². The van der Waals surface area contributed by atoms with Gasteiger partial charge >= 0.3 is 0 Å². The first-order chi connectivity index (χ1) is 12.1. The molecule has 4 rings (SSSR count). The number of carbonyl (C=O) groups excluding carboxylic acids is 1. The summed E-state index contributed by atoms with van der Waals surface area (Å²) < 4.78 is 3.62. The van der Waals surface area contributed by atoms with Crippen molar-refractivity contribution in [1.29, 1.82) is 0 Å². The molecule has 0 aliphatic carbocycles. The van der Waals surface area contributed by atoms with Gasteiger partial charge < -0.3 is 9.88 Å². The minimum Gasteiger partial charge on any atom is -0.321 e. The molecule has 0 spiro atoms. The lowest BCUT2D eigenvalue weighted by atomic mass is 10.2.